The van der Waals surface area contributed by atoms with Crippen LogP contribution in [0.5, 0.6) is 0 Å². The molecule has 222 valence electrons. The number of halogens is 2. The number of ether oxygens (including phenoxy) is 1. The maximum atomic E-state index is 13.7. The molecule has 4 aromatic rings. The van der Waals surface area contributed by atoms with Gasteiger partial charge < -0.3 is 25.2 Å². The van der Waals surface area contributed by atoms with Gasteiger partial charge in [0, 0.05) is 65.5 Å². The Labute approximate surface area is 248 Å². The molecule has 0 spiro atoms. The normalized spacial score (nSPS) is 14.0. The number of hydrogen-bond acceptors (Lipinski definition) is 7. The molecule has 11 heteroatoms. The molecule has 1 aromatic heterocycles. The lowest BCUT2D eigenvalue weighted by Crippen LogP contribution is -2.29. The minimum absolute atomic E-state index is 0.207. The minimum Gasteiger partial charge on any atom is -0.381 e. The summed E-state index contributed by atoms with van der Waals surface area (Å²) in [6.45, 7) is 3.26. The van der Waals surface area contributed by atoms with Gasteiger partial charge in [-0.3, -0.25) is 9.89 Å². The highest BCUT2D eigenvalue weighted by Gasteiger charge is 2.20. The number of aromatic amines is 1. The molecule has 8 nitrogen and oxygen atoms in total. The highest BCUT2D eigenvalue weighted by atomic mass is 32.2. The number of carbonyl (C=O) groups is 1. The number of anilines is 3. The van der Waals surface area contributed by atoms with Gasteiger partial charge in [-0.2, -0.15) is 5.10 Å². The van der Waals surface area contributed by atoms with Crippen LogP contribution in [-0.2, 0) is 4.74 Å². The number of carbonyl (C=O) groups excluding carboxylic acids is 1. The third-order valence-electron chi connectivity index (χ3n) is 7.21. The second-order valence-electron chi connectivity index (χ2n) is 10.8. The summed E-state index contributed by atoms with van der Waals surface area (Å²) in [7, 11) is 6.20. The Bertz CT molecular complexity index is 1520. The maximum absolute atomic E-state index is 13.7. The second kappa shape index (κ2) is 13.5. The Morgan fingerprint density at radius 2 is 1.76 bits per heavy atom. The third-order valence-corrected chi connectivity index (χ3v) is 8.17. The molecule has 3 aromatic carbocycles. The summed E-state index contributed by atoms with van der Waals surface area (Å²) in [6, 6.07) is 15.0. The van der Waals surface area contributed by atoms with Crippen LogP contribution in [0.25, 0.3) is 10.9 Å². The molecule has 1 amide bonds. The molecular formula is C31H36F2N6O2S. The van der Waals surface area contributed by atoms with Gasteiger partial charge >= 0.3 is 0 Å². The van der Waals surface area contributed by atoms with E-state index >= 15 is 0 Å². The topological polar surface area (TPSA) is 85.5 Å². The Kier molecular flexibility index (Phi) is 9.61. The first-order valence-corrected chi connectivity index (χ1v) is 14.8. The Morgan fingerprint density at radius 1 is 1.00 bits per heavy atom. The van der Waals surface area contributed by atoms with E-state index in [2.05, 4.69) is 51.8 Å². The van der Waals surface area contributed by atoms with E-state index in [4.69, 9.17) is 4.74 Å². The van der Waals surface area contributed by atoms with Crippen molar-refractivity contribution < 1.29 is 18.3 Å². The molecule has 0 unspecified atom stereocenters. The molecule has 2 heterocycles. The van der Waals surface area contributed by atoms with E-state index in [-0.39, 0.29) is 11.9 Å². The average Bonchev–Trinajstić information content (AvgIpc) is 3.34. The van der Waals surface area contributed by atoms with Crippen molar-refractivity contribution in [1.29, 1.82) is 0 Å². The lowest BCUT2D eigenvalue weighted by molar-refractivity contribution is 0.0904. The van der Waals surface area contributed by atoms with Crippen LogP contribution < -0.4 is 15.5 Å². The molecule has 0 radical (unpaired) electrons. The smallest absolute Gasteiger partial charge is 0.258 e. The van der Waals surface area contributed by atoms with Gasteiger partial charge in [0.05, 0.1) is 11.1 Å². The van der Waals surface area contributed by atoms with Crippen LogP contribution in [0.4, 0.5) is 26.0 Å². The molecule has 3 N–H and O–H groups in total. The number of nitrogens with zero attached hydrogens (tertiary/aromatic N) is 3. The number of nitrogens with one attached hydrogen (secondary N) is 3. The van der Waals surface area contributed by atoms with Crippen molar-refractivity contribution in [3.8, 4) is 0 Å². The molecule has 0 bridgehead atoms. The number of hydrogen-bond donors (Lipinski definition) is 3. The summed E-state index contributed by atoms with van der Waals surface area (Å²) in [5.74, 6) is -1.17. The van der Waals surface area contributed by atoms with Gasteiger partial charge in [-0.05, 0) is 88.4 Å². The van der Waals surface area contributed by atoms with Crippen LogP contribution in [0.3, 0.4) is 0 Å². The van der Waals surface area contributed by atoms with E-state index in [0.717, 1.165) is 60.2 Å². The van der Waals surface area contributed by atoms with E-state index in [0.29, 0.717) is 34.9 Å². The molecular weight excluding hydrogens is 558 g/mol. The zero-order valence-electron chi connectivity index (χ0n) is 24.0. The van der Waals surface area contributed by atoms with Crippen molar-refractivity contribution in [2.45, 2.75) is 35.1 Å². The zero-order chi connectivity index (χ0) is 29.6. The summed E-state index contributed by atoms with van der Waals surface area (Å²) in [4.78, 5) is 19.2. The van der Waals surface area contributed by atoms with Crippen LogP contribution in [0.1, 0.15) is 29.6 Å². The molecule has 42 heavy (non-hydrogen) atoms. The quantitative estimate of drug-likeness (QED) is 0.190. The maximum Gasteiger partial charge on any atom is 0.258 e. The van der Waals surface area contributed by atoms with E-state index in [9.17, 15) is 13.6 Å². The third kappa shape index (κ3) is 7.58. The van der Waals surface area contributed by atoms with Gasteiger partial charge in [0.2, 0.25) is 0 Å². The highest BCUT2D eigenvalue weighted by Crippen LogP contribution is 2.33. The molecule has 0 aliphatic carbocycles. The first-order valence-electron chi connectivity index (χ1n) is 14.0. The first-order chi connectivity index (χ1) is 20.2. The van der Waals surface area contributed by atoms with E-state index in [1.807, 2.05) is 36.4 Å². The molecule has 1 aliphatic heterocycles. The fourth-order valence-electron chi connectivity index (χ4n) is 4.95. The second-order valence-corrected chi connectivity index (χ2v) is 11.9. The van der Waals surface area contributed by atoms with Gasteiger partial charge in [-0.15, -0.1) is 0 Å². The number of H-pyrrole nitrogens is 1. The molecule has 5 rings (SSSR count). The number of amides is 1. The standard InChI is InChI=1S/C31H36F2N6O2S/c1-38(2)11-4-12-39(3)23-5-7-26(29(18-23)34-22-9-13-41-14-10-22)31(40)35-30-27-19-24(6-8-28(27)36-37-30)42-25-16-20(32)15-21(33)17-25/h5-8,15-19,22,34H,4,9-14H2,1-3H3,(H2,35,36,37,40). The number of rotatable bonds is 11. The van der Waals surface area contributed by atoms with Crippen LogP contribution in [-0.4, -0.2) is 74.5 Å². The summed E-state index contributed by atoms with van der Waals surface area (Å²) in [5, 5.41) is 14.6. The van der Waals surface area contributed by atoms with Crippen LogP contribution in [0, 0.1) is 11.6 Å². The monoisotopic (exact) mass is 594 g/mol. The fraction of sp³-hybridized carbons (Fsp3) is 0.355. The highest BCUT2D eigenvalue weighted by molar-refractivity contribution is 7.99. The van der Waals surface area contributed by atoms with Crippen LogP contribution in [0.15, 0.2) is 64.4 Å². The van der Waals surface area contributed by atoms with Crippen molar-refractivity contribution >= 4 is 45.8 Å². The van der Waals surface area contributed by atoms with E-state index in [1.54, 1.807) is 0 Å². The SMILES string of the molecule is CN(C)CCCN(C)c1ccc(C(=O)Nc2n[nH]c3ccc(Sc4cc(F)cc(F)c4)cc23)c(NC2CCOCC2)c1. The number of benzene rings is 3. The largest absolute Gasteiger partial charge is 0.381 e. The van der Waals surface area contributed by atoms with Crippen molar-refractivity contribution in [2.24, 2.45) is 0 Å². The summed E-state index contributed by atoms with van der Waals surface area (Å²) < 4.78 is 32.9. The zero-order valence-corrected chi connectivity index (χ0v) is 24.9. The Balaban J connectivity index is 1.37. The average molecular weight is 595 g/mol. The predicted octanol–water partition coefficient (Wildman–Crippen LogP) is 6.22. The molecule has 1 saturated heterocycles. The van der Waals surface area contributed by atoms with Crippen molar-refractivity contribution in [3.63, 3.8) is 0 Å². The fourth-order valence-corrected chi connectivity index (χ4v) is 5.88. The van der Waals surface area contributed by atoms with Crippen molar-refractivity contribution in [1.82, 2.24) is 15.1 Å². The summed E-state index contributed by atoms with van der Waals surface area (Å²) >= 11 is 1.23. The van der Waals surface area contributed by atoms with Gasteiger partial charge in [0.25, 0.3) is 5.91 Å². The predicted molar refractivity (Wildman–Crippen MR) is 165 cm³/mol. The van der Waals surface area contributed by atoms with E-state index in [1.165, 1.54) is 23.9 Å². The molecule has 0 saturated carbocycles. The van der Waals surface area contributed by atoms with Gasteiger partial charge in [-0.25, -0.2) is 8.78 Å². The molecule has 1 fully saturated rings. The van der Waals surface area contributed by atoms with Crippen molar-refractivity contribution in [2.75, 3.05) is 63.0 Å². The summed E-state index contributed by atoms with van der Waals surface area (Å²) in [6.07, 6.45) is 2.75. The van der Waals surface area contributed by atoms with Crippen molar-refractivity contribution in [3.05, 3.63) is 71.8 Å². The lowest BCUT2D eigenvalue weighted by atomic mass is 10.1. The van der Waals surface area contributed by atoms with Gasteiger partial charge in [-0.1, -0.05) is 11.8 Å². The van der Waals surface area contributed by atoms with Gasteiger partial charge in [0.1, 0.15) is 11.6 Å². The molecule has 1 aliphatic rings. The molecule has 0 atom stereocenters. The van der Waals surface area contributed by atoms with E-state index < -0.39 is 11.6 Å². The number of fused-ring (bicyclic) bond motifs is 1. The summed E-state index contributed by atoms with van der Waals surface area (Å²) in [5.41, 5.74) is 3.04. The first kappa shape index (κ1) is 29.8. The number of aromatic nitrogens is 2. The Morgan fingerprint density at radius 3 is 2.50 bits per heavy atom. The van der Waals surface area contributed by atoms with Gasteiger partial charge in [0.15, 0.2) is 5.82 Å². The lowest BCUT2D eigenvalue weighted by Gasteiger charge is -2.27. The van der Waals surface area contributed by atoms with Crippen LogP contribution >= 0.6 is 11.8 Å². The Hall–Kier alpha value is -3.67. The minimum atomic E-state index is -0.634. The van der Waals surface area contributed by atoms with Crippen LogP contribution in [0.2, 0.25) is 0 Å².